The number of carbonyl (C=O) groups excluding carboxylic acids is 2. The molecule has 0 aromatic rings. The molecule has 0 amide bonds. The van der Waals surface area contributed by atoms with E-state index in [1.165, 1.54) is 14.2 Å². The summed E-state index contributed by atoms with van der Waals surface area (Å²) in [6, 6.07) is 0. The predicted molar refractivity (Wildman–Crippen MR) is 92.0 cm³/mol. The first-order valence-electron chi connectivity index (χ1n) is 8.92. The van der Waals surface area contributed by atoms with E-state index >= 15 is 0 Å². The van der Waals surface area contributed by atoms with Gasteiger partial charge in [0.25, 0.3) is 0 Å². The van der Waals surface area contributed by atoms with Gasteiger partial charge in [0.05, 0.1) is 0 Å². The van der Waals surface area contributed by atoms with E-state index in [1.54, 1.807) is 0 Å². The van der Waals surface area contributed by atoms with Gasteiger partial charge < -0.3 is 0 Å². The summed E-state index contributed by atoms with van der Waals surface area (Å²) in [5.41, 5.74) is 0. The number of methoxy groups -OCH3 is 2. The summed E-state index contributed by atoms with van der Waals surface area (Å²) in [4.78, 5) is 22.3. The SMILES string of the molecule is COC(=O)C1CC(OC2(S(=O)(=O)O)CCC[CH]([Na])C2)CC(C(=O)OC)C1. The monoisotopic (exact) mass is 400 g/mol. The minimum absolute atomic E-state index is 0.215. The summed E-state index contributed by atoms with van der Waals surface area (Å²) >= 11 is 0.807. The first-order valence-corrected chi connectivity index (χ1v) is 11.5. The summed E-state index contributed by atoms with van der Waals surface area (Å²) < 4.78 is 49.9. The van der Waals surface area contributed by atoms with Gasteiger partial charge in [-0.15, -0.1) is 0 Å². The van der Waals surface area contributed by atoms with E-state index in [1.807, 2.05) is 0 Å². The Morgan fingerprint density at radius 3 is 2.04 bits per heavy atom. The van der Waals surface area contributed by atoms with Gasteiger partial charge in [0.2, 0.25) is 0 Å². The third-order valence-corrected chi connectivity index (χ3v) is 7.89. The van der Waals surface area contributed by atoms with Crippen LogP contribution in [0.5, 0.6) is 0 Å². The Hall–Kier alpha value is -0.190. The number of rotatable bonds is 5. The second kappa shape index (κ2) is 8.87. The summed E-state index contributed by atoms with van der Waals surface area (Å²) in [7, 11) is -1.90. The maximum atomic E-state index is 12.1. The van der Waals surface area contributed by atoms with Crippen LogP contribution >= 0.6 is 0 Å². The molecule has 1 N–H and O–H groups in total. The summed E-state index contributed by atoms with van der Waals surface area (Å²) in [6.45, 7) is 0. The van der Waals surface area contributed by atoms with Crippen molar-refractivity contribution in [2.24, 2.45) is 11.8 Å². The average molecular weight is 400 g/mol. The molecule has 26 heavy (non-hydrogen) atoms. The zero-order valence-corrected chi connectivity index (χ0v) is 18.3. The zero-order valence-electron chi connectivity index (χ0n) is 15.5. The maximum absolute atomic E-state index is 12.1. The van der Waals surface area contributed by atoms with Gasteiger partial charge in [-0.2, -0.15) is 0 Å². The van der Waals surface area contributed by atoms with Crippen molar-refractivity contribution >= 4 is 50.0 Å². The molecule has 2 fully saturated rings. The van der Waals surface area contributed by atoms with Gasteiger partial charge in [0, 0.05) is 0 Å². The van der Waals surface area contributed by atoms with Crippen LogP contribution in [0.2, 0.25) is 3.17 Å². The number of hydrogen-bond donors (Lipinski definition) is 1. The number of ether oxygens (including phenoxy) is 3. The number of esters is 2. The van der Waals surface area contributed by atoms with E-state index in [0.717, 1.165) is 34.4 Å². The molecule has 2 rings (SSSR count). The van der Waals surface area contributed by atoms with E-state index in [9.17, 15) is 22.6 Å². The van der Waals surface area contributed by atoms with Gasteiger partial charge in [-0.25, -0.2) is 0 Å². The van der Waals surface area contributed by atoms with Crippen molar-refractivity contribution < 1.29 is 36.8 Å². The van der Waals surface area contributed by atoms with Crippen molar-refractivity contribution in [2.45, 2.75) is 59.2 Å². The molecule has 0 heterocycles. The Morgan fingerprint density at radius 1 is 1.08 bits per heavy atom. The van der Waals surface area contributed by atoms with Crippen LogP contribution in [0.1, 0.15) is 44.9 Å². The first kappa shape index (κ1) is 22.1. The predicted octanol–water partition coefficient (Wildman–Crippen LogP) is 1.25. The molecular weight excluding hydrogens is 375 g/mol. The first-order chi connectivity index (χ1) is 12.1. The van der Waals surface area contributed by atoms with Crippen LogP contribution < -0.4 is 0 Å². The molecule has 2 aliphatic carbocycles. The molecular formula is C16H25NaO8S. The summed E-state index contributed by atoms with van der Waals surface area (Å²) in [5, 5.41) is 0. The quantitative estimate of drug-likeness (QED) is 0.416. The fourth-order valence-electron chi connectivity index (χ4n) is 4.24. The van der Waals surface area contributed by atoms with E-state index in [4.69, 9.17) is 14.2 Å². The van der Waals surface area contributed by atoms with E-state index in [-0.39, 0.29) is 35.3 Å². The second-order valence-electron chi connectivity index (χ2n) is 7.47. The molecule has 0 saturated heterocycles. The third-order valence-electron chi connectivity index (χ3n) is 5.50. The Labute approximate surface area is 171 Å². The van der Waals surface area contributed by atoms with Crippen LogP contribution in [0.25, 0.3) is 0 Å². The molecule has 2 saturated carbocycles. The fourth-order valence-corrected chi connectivity index (χ4v) is 6.76. The van der Waals surface area contributed by atoms with Crippen LogP contribution in [0.15, 0.2) is 0 Å². The van der Waals surface area contributed by atoms with E-state index < -0.39 is 44.9 Å². The molecule has 4 atom stereocenters. The molecule has 0 aliphatic heterocycles. The van der Waals surface area contributed by atoms with Crippen molar-refractivity contribution in [3.8, 4) is 0 Å². The van der Waals surface area contributed by atoms with E-state index in [0.29, 0.717) is 6.42 Å². The average Bonchev–Trinajstić information content (AvgIpc) is 2.59. The van der Waals surface area contributed by atoms with Gasteiger partial charge in [-0.1, -0.05) is 0 Å². The van der Waals surface area contributed by atoms with Crippen LogP contribution in [0.3, 0.4) is 0 Å². The van der Waals surface area contributed by atoms with Crippen LogP contribution in [0.4, 0.5) is 0 Å². The minimum atomic E-state index is -4.44. The molecule has 2 aliphatic rings. The molecule has 8 nitrogen and oxygen atoms in total. The number of carbonyl (C=O) groups is 2. The Kier molecular flexibility index (Phi) is 7.54. The van der Waals surface area contributed by atoms with Gasteiger partial charge in [0.15, 0.2) is 0 Å². The topological polar surface area (TPSA) is 116 Å². The van der Waals surface area contributed by atoms with Crippen molar-refractivity contribution in [1.29, 1.82) is 0 Å². The normalized spacial score (nSPS) is 35.6. The zero-order chi connectivity index (χ0) is 19.5. The third kappa shape index (κ3) is 4.99. The van der Waals surface area contributed by atoms with Gasteiger partial charge in [-0.3, -0.25) is 0 Å². The molecule has 4 unspecified atom stereocenters. The molecule has 0 spiro atoms. The van der Waals surface area contributed by atoms with Crippen molar-refractivity contribution in [1.82, 2.24) is 0 Å². The molecule has 0 bridgehead atoms. The molecule has 0 aromatic heterocycles. The fraction of sp³-hybridized carbons (Fsp3) is 0.875. The van der Waals surface area contributed by atoms with Gasteiger partial charge in [-0.05, 0) is 0 Å². The molecule has 10 heteroatoms. The van der Waals surface area contributed by atoms with Crippen molar-refractivity contribution in [2.75, 3.05) is 14.2 Å². The standard InChI is InChI=1S/C16H25O8S.Na/c1-22-14(17)11-8-12(15(18)23-2)10-13(9-11)24-16(25(19,20)21)6-4-3-5-7-16;/h4,11-13H,3,5-10H2,1-2H3,(H,19,20,21);. The van der Waals surface area contributed by atoms with Gasteiger partial charge >= 0.3 is 172 Å². The Bertz CT molecular complexity index is 612. The number of hydrogen-bond acceptors (Lipinski definition) is 7. The van der Waals surface area contributed by atoms with Crippen molar-refractivity contribution in [3.05, 3.63) is 0 Å². The van der Waals surface area contributed by atoms with Gasteiger partial charge in [0.1, 0.15) is 0 Å². The Morgan fingerprint density at radius 2 is 1.62 bits per heavy atom. The summed E-state index contributed by atoms with van der Waals surface area (Å²) in [6.07, 6.45) is 2.18. The van der Waals surface area contributed by atoms with Crippen molar-refractivity contribution in [3.63, 3.8) is 0 Å². The molecule has 144 valence electrons. The van der Waals surface area contributed by atoms with Crippen LogP contribution in [0, 0.1) is 11.8 Å². The van der Waals surface area contributed by atoms with Crippen LogP contribution in [-0.2, 0) is 33.9 Å². The second-order valence-corrected chi connectivity index (χ2v) is 10.8. The van der Waals surface area contributed by atoms with E-state index in [2.05, 4.69) is 0 Å². The molecule has 0 radical (unpaired) electrons. The summed E-state index contributed by atoms with van der Waals surface area (Å²) in [5.74, 6) is -2.07. The van der Waals surface area contributed by atoms with Crippen LogP contribution in [-0.4, -0.2) is 78.1 Å². The Balaban J connectivity index is 2.25. The molecule has 0 aromatic carbocycles.